The van der Waals surface area contributed by atoms with Gasteiger partial charge in [0.15, 0.2) is 5.78 Å². The summed E-state index contributed by atoms with van der Waals surface area (Å²) in [5.74, 6) is -1.45. The van der Waals surface area contributed by atoms with Gasteiger partial charge in [0, 0.05) is 18.2 Å². The maximum absolute atomic E-state index is 13.5. The molecule has 0 atom stereocenters. The molecule has 19 heavy (non-hydrogen) atoms. The summed E-state index contributed by atoms with van der Waals surface area (Å²) in [6.07, 6.45) is 0. The summed E-state index contributed by atoms with van der Waals surface area (Å²) in [5, 5.41) is 2.34. The van der Waals surface area contributed by atoms with Crippen molar-refractivity contribution in [2.75, 3.05) is 7.05 Å². The van der Waals surface area contributed by atoms with Crippen molar-refractivity contribution < 1.29 is 14.0 Å². The average Bonchev–Trinajstić information content (AvgIpc) is 2.47. The van der Waals surface area contributed by atoms with Gasteiger partial charge in [-0.25, -0.2) is 4.39 Å². The Balaban J connectivity index is 2.42. The van der Waals surface area contributed by atoms with E-state index in [-0.39, 0.29) is 16.9 Å². The lowest BCUT2D eigenvalue weighted by molar-refractivity contribution is 0.0959. The van der Waals surface area contributed by atoms with E-state index in [0.717, 1.165) is 6.07 Å². The van der Waals surface area contributed by atoms with Crippen LogP contribution in [0.1, 0.15) is 26.3 Å². The lowest BCUT2D eigenvalue weighted by Gasteiger charge is -2.05. The molecule has 2 aromatic rings. The second kappa shape index (κ2) is 5.44. The monoisotopic (exact) mass is 257 g/mol. The van der Waals surface area contributed by atoms with E-state index in [1.165, 1.54) is 19.2 Å². The van der Waals surface area contributed by atoms with E-state index in [1.807, 2.05) is 0 Å². The number of rotatable bonds is 3. The first-order valence-electron chi connectivity index (χ1n) is 5.75. The van der Waals surface area contributed by atoms with Crippen LogP contribution in [0.3, 0.4) is 0 Å². The van der Waals surface area contributed by atoms with Gasteiger partial charge in [0.05, 0.1) is 5.56 Å². The SMILES string of the molecule is CNC(=O)c1cc(C(=O)c2ccccc2)ccc1F. The molecule has 0 fully saturated rings. The molecule has 0 aromatic heterocycles. The fourth-order valence-electron chi connectivity index (χ4n) is 1.73. The van der Waals surface area contributed by atoms with Gasteiger partial charge in [0.25, 0.3) is 5.91 Å². The lowest BCUT2D eigenvalue weighted by atomic mass is 10.0. The Kier molecular flexibility index (Phi) is 3.71. The van der Waals surface area contributed by atoms with Gasteiger partial charge >= 0.3 is 0 Å². The van der Waals surface area contributed by atoms with Crippen molar-refractivity contribution in [3.05, 3.63) is 71.0 Å². The van der Waals surface area contributed by atoms with Gasteiger partial charge in [0.1, 0.15) is 5.82 Å². The number of carbonyl (C=O) groups excluding carboxylic acids is 2. The molecule has 0 radical (unpaired) electrons. The second-order valence-corrected chi connectivity index (χ2v) is 3.97. The zero-order valence-electron chi connectivity index (χ0n) is 10.3. The molecular weight excluding hydrogens is 245 g/mol. The number of benzene rings is 2. The van der Waals surface area contributed by atoms with Crippen molar-refractivity contribution in [2.45, 2.75) is 0 Å². The van der Waals surface area contributed by atoms with Gasteiger partial charge in [-0.1, -0.05) is 30.3 Å². The summed E-state index contributed by atoms with van der Waals surface area (Å²) >= 11 is 0. The minimum atomic E-state index is -0.649. The minimum Gasteiger partial charge on any atom is -0.355 e. The Morgan fingerprint density at radius 3 is 2.32 bits per heavy atom. The summed E-state index contributed by atoms with van der Waals surface area (Å²) in [5.41, 5.74) is 0.646. The van der Waals surface area contributed by atoms with Crippen molar-refractivity contribution in [3.63, 3.8) is 0 Å². The molecule has 4 heteroatoms. The van der Waals surface area contributed by atoms with E-state index in [9.17, 15) is 14.0 Å². The predicted molar refractivity (Wildman–Crippen MR) is 69.7 cm³/mol. The normalized spacial score (nSPS) is 10.0. The third-order valence-corrected chi connectivity index (χ3v) is 2.74. The van der Waals surface area contributed by atoms with Crippen LogP contribution in [0.15, 0.2) is 48.5 Å². The standard InChI is InChI=1S/C15H12FNO2/c1-17-15(19)12-9-11(7-8-13(12)16)14(18)10-5-3-2-4-6-10/h2-9H,1H3,(H,17,19). The molecule has 2 aromatic carbocycles. The van der Waals surface area contributed by atoms with Crippen molar-refractivity contribution in [3.8, 4) is 0 Å². The van der Waals surface area contributed by atoms with E-state index < -0.39 is 11.7 Å². The number of amides is 1. The van der Waals surface area contributed by atoms with Crippen molar-refractivity contribution in [1.29, 1.82) is 0 Å². The summed E-state index contributed by atoms with van der Waals surface area (Å²) in [6, 6.07) is 12.4. The van der Waals surface area contributed by atoms with E-state index in [0.29, 0.717) is 5.56 Å². The number of nitrogens with one attached hydrogen (secondary N) is 1. The van der Waals surface area contributed by atoms with Gasteiger partial charge in [-0.15, -0.1) is 0 Å². The molecule has 0 saturated carbocycles. The summed E-state index contributed by atoms with van der Waals surface area (Å²) in [7, 11) is 1.41. The molecule has 0 saturated heterocycles. The lowest BCUT2D eigenvalue weighted by Crippen LogP contribution is -2.20. The van der Waals surface area contributed by atoms with Crippen LogP contribution in [-0.4, -0.2) is 18.7 Å². The average molecular weight is 257 g/mol. The molecule has 0 bridgehead atoms. The van der Waals surface area contributed by atoms with Gasteiger partial charge in [-0.2, -0.15) is 0 Å². The maximum Gasteiger partial charge on any atom is 0.254 e. The highest BCUT2D eigenvalue weighted by atomic mass is 19.1. The van der Waals surface area contributed by atoms with E-state index in [4.69, 9.17) is 0 Å². The maximum atomic E-state index is 13.5. The number of halogens is 1. The third kappa shape index (κ3) is 2.68. The Morgan fingerprint density at radius 1 is 1.00 bits per heavy atom. The Hall–Kier alpha value is -2.49. The predicted octanol–water partition coefficient (Wildman–Crippen LogP) is 2.42. The number of ketones is 1. The zero-order chi connectivity index (χ0) is 13.8. The van der Waals surface area contributed by atoms with Gasteiger partial charge in [-0.3, -0.25) is 9.59 Å². The van der Waals surface area contributed by atoms with Crippen LogP contribution in [0.5, 0.6) is 0 Å². The van der Waals surface area contributed by atoms with Crippen molar-refractivity contribution in [2.24, 2.45) is 0 Å². The summed E-state index contributed by atoms with van der Waals surface area (Å²) < 4.78 is 13.5. The molecule has 2 rings (SSSR count). The van der Waals surface area contributed by atoms with Crippen molar-refractivity contribution in [1.82, 2.24) is 5.32 Å². The number of hydrogen-bond donors (Lipinski definition) is 1. The Labute approximate surface area is 110 Å². The van der Waals surface area contributed by atoms with Crippen molar-refractivity contribution >= 4 is 11.7 Å². The van der Waals surface area contributed by atoms with Crippen LogP contribution in [-0.2, 0) is 0 Å². The molecule has 96 valence electrons. The first kappa shape index (κ1) is 13.0. The van der Waals surface area contributed by atoms with Crippen LogP contribution in [0.25, 0.3) is 0 Å². The van der Waals surface area contributed by atoms with E-state index >= 15 is 0 Å². The molecule has 1 N–H and O–H groups in total. The highest BCUT2D eigenvalue weighted by Crippen LogP contribution is 2.14. The molecular formula is C15H12FNO2. The zero-order valence-corrected chi connectivity index (χ0v) is 10.3. The van der Waals surface area contributed by atoms with E-state index in [1.54, 1.807) is 30.3 Å². The fourth-order valence-corrected chi connectivity index (χ4v) is 1.73. The van der Waals surface area contributed by atoms with Gasteiger partial charge in [0.2, 0.25) is 0 Å². The van der Waals surface area contributed by atoms with Crippen LogP contribution >= 0.6 is 0 Å². The molecule has 1 amide bonds. The molecule has 0 aliphatic heterocycles. The van der Waals surface area contributed by atoms with Crippen LogP contribution < -0.4 is 5.32 Å². The van der Waals surface area contributed by atoms with Crippen LogP contribution in [0, 0.1) is 5.82 Å². The first-order valence-corrected chi connectivity index (χ1v) is 5.75. The molecule has 3 nitrogen and oxygen atoms in total. The smallest absolute Gasteiger partial charge is 0.254 e. The molecule has 0 heterocycles. The molecule has 0 aliphatic carbocycles. The topological polar surface area (TPSA) is 46.2 Å². The van der Waals surface area contributed by atoms with Gasteiger partial charge < -0.3 is 5.32 Å². The second-order valence-electron chi connectivity index (χ2n) is 3.97. The number of hydrogen-bond acceptors (Lipinski definition) is 2. The largest absolute Gasteiger partial charge is 0.355 e. The molecule has 0 spiro atoms. The molecule has 0 unspecified atom stereocenters. The highest BCUT2D eigenvalue weighted by Gasteiger charge is 2.15. The van der Waals surface area contributed by atoms with Crippen LogP contribution in [0.4, 0.5) is 4.39 Å². The molecule has 0 aliphatic rings. The fraction of sp³-hybridized carbons (Fsp3) is 0.0667. The summed E-state index contributed by atoms with van der Waals surface area (Å²) in [6.45, 7) is 0. The Morgan fingerprint density at radius 2 is 1.68 bits per heavy atom. The van der Waals surface area contributed by atoms with Gasteiger partial charge in [-0.05, 0) is 18.2 Å². The minimum absolute atomic E-state index is 0.135. The highest BCUT2D eigenvalue weighted by molar-refractivity contribution is 6.10. The van der Waals surface area contributed by atoms with E-state index in [2.05, 4.69) is 5.32 Å². The third-order valence-electron chi connectivity index (χ3n) is 2.74. The first-order chi connectivity index (χ1) is 9.13. The number of carbonyl (C=O) groups is 2. The quantitative estimate of drug-likeness (QED) is 0.858. The summed E-state index contributed by atoms with van der Waals surface area (Å²) in [4.78, 5) is 23.6. The van der Waals surface area contributed by atoms with Crippen LogP contribution in [0.2, 0.25) is 0 Å². The Bertz CT molecular complexity index is 623.